The van der Waals surface area contributed by atoms with Gasteiger partial charge in [-0.2, -0.15) is 5.10 Å². The van der Waals surface area contributed by atoms with Crippen LogP contribution in [0.15, 0.2) is 29.1 Å². The third kappa shape index (κ3) is 2.84. The van der Waals surface area contributed by atoms with Crippen molar-refractivity contribution in [1.29, 1.82) is 0 Å². The van der Waals surface area contributed by atoms with Crippen LogP contribution in [0.2, 0.25) is 0 Å². The summed E-state index contributed by atoms with van der Waals surface area (Å²) in [5.74, 6) is 0.831. The Hall–Kier alpha value is -2.10. The van der Waals surface area contributed by atoms with E-state index in [9.17, 15) is 4.79 Å². The number of nitrogens with one attached hydrogen (secondary N) is 1. The van der Waals surface area contributed by atoms with Gasteiger partial charge in [-0.25, -0.2) is 5.10 Å². The van der Waals surface area contributed by atoms with Crippen LogP contribution in [0.25, 0.3) is 11.3 Å². The minimum atomic E-state index is -0.138. The molecule has 0 bridgehead atoms. The fraction of sp³-hybridized carbons (Fsp3) is 0.333. The number of ether oxygens (including phenoxy) is 1. The normalized spacial score (nSPS) is 10.8. The van der Waals surface area contributed by atoms with E-state index in [1.165, 1.54) is 0 Å². The molecule has 0 radical (unpaired) electrons. The number of aromatic amines is 1. The Balaban J connectivity index is 2.38. The van der Waals surface area contributed by atoms with Crippen molar-refractivity contribution in [3.8, 4) is 17.0 Å². The predicted molar refractivity (Wildman–Crippen MR) is 75.5 cm³/mol. The number of aromatic nitrogens is 2. The first kappa shape index (κ1) is 13.3. The Morgan fingerprint density at radius 1 is 1.11 bits per heavy atom. The monoisotopic (exact) mass is 258 g/mol. The molecule has 0 saturated carbocycles. The van der Waals surface area contributed by atoms with Gasteiger partial charge in [0.05, 0.1) is 11.8 Å². The molecule has 0 fully saturated rings. The zero-order valence-electron chi connectivity index (χ0n) is 11.7. The lowest BCUT2D eigenvalue weighted by Gasteiger charge is -2.11. The van der Waals surface area contributed by atoms with Crippen LogP contribution in [0.5, 0.6) is 5.75 Å². The molecule has 0 saturated heterocycles. The predicted octanol–water partition coefficient (Wildman–Crippen LogP) is 2.84. The molecule has 0 amide bonds. The second-order valence-corrected chi connectivity index (χ2v) is 4.84. The summed E-state index contributed by atoms with van der Waals surface area (Å²) < 4.78 is 5.60. The molecular formula is C15H18N2O2. The van der Waals surface area contributed by atoms with Gasteiger partial charge in [-0.1, -0.05) is 0 Å². The first-order valence-corrected chi connectivity index (χ1v) is 6.32. The van der Waals surface area contributed by atoms with Crippen LogP contribution in [0.1, 0.15) is 25.0 Å². The van der Waals surface area contributed by atoms with E-state index < -0.39 is 0 Å². The Morgan fingerprint density at radius 3 is 2.32 bits per heavy atom. The molecule has 0 aliphatic rings. The highest BCUT2D eigenvalue weighted by Crippen LogP contribution is 2.23. The Bertz CT molecular complexity index is 628. The molecule has 0 spiro atoms. The number of rotatable bonds is 3. The third-order valence-electron chi connectivity index (χ3n) is 3.03. The molecule has 1 N–H and O–H groups in total. The van der Waals surface area contributed by atoms with E-state index in [1.54, 1.807) is 6.92 Å². The van der Waals surface area contributed by atoms with Crippen LogP contribution in [-0.4, -0.2) is 16.3 Å². The molecular weight excluding hydrogens is 240 g/mol. The van der Waals surface area contributed by atoms with E-state index >= 15 is 0 Å². The second kappa shape index (κ2) is 5.26. The summed E-state index contributed by atoms with van der Waals surface area (Å²) >= 11 is 0. The van der Waals surface area contributed by atoms with Crippen molar-refractivity contribution < 1.29 is 4.74 Å². The van der Waals surface area contributed by atoms with Crippen LogP contribution < -0.4 is 10.3 Å². The van der Waals surface area contributed by atoms with Gasteiger partial charge < -0.3 is 4.74 Å². The highest BCUT2D eigenvalue weighted by Gasteiger charge is 2.09. The quantitative estimate of drug-likeness (QED) is 0.921. The summed E-state index contributed by atoms with van der Waals surface area (Å²) in [6.07, 6.45) is 0.154. The second-order valence-electron chi connectivity index (χ2n) is 4.84. The smallest absolute Gasteiger partial charge is 0.267 e. The van der Waals surface area contributed by atoms with Crippen molar-refractivity contribution in [2.75, 3.05) is 0 Å². The lowest BCUT2D eigenvalue weighted by Crippen LogP contribution is -2.14. The summed E-state index contributed by atoms with van der Waals surface area (Å²) in [4.78, 5) is 11.5. The molecule has 2 aromatic rings. The number of hydrogen-bond acceptors (Lipinski definition) is 3. The highest BCUT2D eigenvalue weighted by atomic mass is 16.5. The minimum Gasteiger partial charge on any atom is -0.491 e. The number of nitrogens with zero attached hydrogens (tertiary/aromatic N) is 1. The number of H-pyrrole nitrogens is 1. The average molecular weight is 258 g/mol. The van der Waals surface area contributed by atoms with Crippen LogP contribution >= 0.6 is 0 Å². The van der Waals surface area contributed by atoms with Gasteiger partial charge in [-0.05, 0) is 57.5 Å². The Kier molecular flexibility index (Phi) is 3.69. The lowest BCUT2D eigenvalue weighted by atomic mass is 10.0. The van der Waals surface area contributed by atoms with Crippen molar-refractivity contribution in [3.63, 3.8) is 0 Å². The fourth-order valence-electron chi connectivity index (χ4n) is 1.87. The van der Waals surface area contributed by atoms with Crippen molar-refractivity contribution in [3.05, 3.63) is 45.7 Å². The summed E-state index contributed by atoms with van der Waals surface area (Å²) in [5, 5.41) is 6.64. The minimum absolute atomic E-state index is 0.138. The van der Waals surface area contributed by atoms with Gasteiger partial charge >= 0.3 is 0 Å². The van der Waals surface area contributed by atoms with E-state index in [0.717, 1.165) is 22.6 Å². The fourth-order valence-corrected chi connectivity index (χ4v) is 1.87. The van der Waals surface area contributed by atoms with Crippen molar-refractivity contribution >= 4 is 0 Å². The first-order chi connectivity index (χ1) is 8.99. The maximum absolute atomic E-state index is 11.5. The summed E-state index contributed by atoms with van der Waals surface area (Å²) in [7, 11) is 0. The number of hydrogen-bond donors (Lipinski definition) is 1. The molecule has 4 heteroatoms. The maximum atomic E-state index is 11.5. The van der Waals surface area contributed by atoms with Crippen molar-refractivity contribution in [2.45, 2.75) is 33.8 Å². The third-order valence-corrected chi connectivity index (χ3v) is 3.03. The Morgan fingerprint density at radius 2 is 1.74 bits per heavy atom. The molecule has 1 aromatic heterocycles. The molecule has 19 heavy (non-hydrogen) atoms. The molecule has 4 nitrogen and oxygen atoms in total. The molecule has 0 aliphatic heterocycles. The molecule has 1 heterocycles. The lowest BCUT2D eigenvalue weighted by molar-refractivity contribution is 0.242. The summed E-state index contributed by atoms with van der Waals surface area (Å²) in [6.45, 7) is 7.69. The van der Waals surface area contributed by atoms with Gasteiger partial charge in [0.25, 0.3) is 5.56 Å². The maximum Gasteiger partial charge on any atom is 0.267 e. The van der Waals surface area contributed by atoms with Gasteiger partial charge in [0, 0.05) is 11.1 Å². The van der Waals surface area contributed by atoms with E-state index in [1.807, 2.05) is 45.0 Å². The van der Waals surface area contributed by atoms with Crippen molar-refractivity contribution in [2.24, 2.45) is 0 Å². The molecule has 1 aromatic carbocycles. The SMILES string of the molecule is Cc1c(-c2ccc(OC(C)C)cc2)n[nH]c(=O)c1C. The van der Waals surface area contributed by atoms with E-state index in [2.05, 4.69) is 10.2 Å². The topological polar surface area (TPSA) is 55.0 Å². The highest BCUT2D eigenvalue weighted by molar-refractivity contribution is 5.64. The standard InChI is InChI=1S/C15H18N2O2/c1-9(2)19-13-7-5-12(6-8-13)14-10(3)11(4)15(18)17-16-14/h5-9H,1-4H3,(H,17,18). The van der Waals surface area contributed by atoms with Crippen molar-refractivity contribution in [1.82, 2.24) is 10.2 Å². The van der Waals surface area contributed by atoms with Gasteiger partial charge in [0.2, 0.25) is 0 Å². The van der Waals surface area contributed by atoms with Crippen LogP contribution in [0, 0.1) is 13.8 Å². The van der Waals surface area contributed by atoms with Crippen LogP contribution in [0.3, 0.4) is 0 Å². The van der Waals surface area contributed by atoms with E-state index in [0.29, 0.717) is 5.56 Å². The van der Waals surface area contributed by atoms with Gasteiger partial charge in [-0.15, -0.1) is 0 Å². The molecule has 0 atom stereocenters. The average Bonchev–Trinajstić information content (AvgIpc) is 2.37. The Labute approximate surface area is 112 Å². The van der Waals surface area contributed by atoms with Gasteiger partial charge in [0.15, 0.2) is 0 Å². The van der Waals surface area contributed by atoms with Gasteiger partial charge in [-0.3, -0.25) is 4.79 Å². The zero-order chi connectivity index (χ0) is 14.0. The molecule has 0 aliphatic carbocycles. The van der Waals surface area contributed by atoms with E-state index in [-0.39, 0.29) is 11.7 Å². The largest absolute Gasteiger partial charge is 0.491 e. The molecule has 100 valence electrons. The summed E-state index contributed by atoms with van der Waals surface area (Å²) in [5.41, 5.74) is 3.23. The zero-order valence-corrected chi connectivity index (χ0v) is 11.7. The number of benzene rings is 1. The molecule has 2 rings (SSSR count). The summed E-state index contributed by atoms with van der Waals surface area (Å²) in [6, 6.07) is 7.73. The van der Waals surface area contributed by atoms with Gasteiger partial charge in [0.1, 0.15) is 5.75 Å². The molecule has 0 unspecified atom stereocenters. The van der Waals surface area contributed by atoms with Crippen LogP contribution in [0.4, 0.5) is 0 Å². The first-order valence-electron chi connectivity index (χ1n) is 6.32. The van der Waals surface area contributed by atoms with Crippen LogP contribution in [-0.2, 0) is 0 Å². The van der Waals surface area contributed by atoms with E-state index in [4.69, 9.17) is 4.74 Å².